The van der Waals surface area contributed by atoms with Crippen molar-refractivity contribution in [1.29, 1.82) is 0 Å². The van der Waals surface area contributed by atoms with Crippen LogP contribution in [0.5, 0.6) is 0 Å². The number of imidazole rings is 1. The maximum Gasteiger partial charge on any atom is 0.126 e. The third kappa shape index (κ3) is 1.93. The van der Waals surface area contributed by atoms with Gasteiger partial charge in [0, 0.05) is 18.9 Å². The van der Waals surface area contributed by atoms with Crippen LogP contribution >= 0.6 is 0 Å². The van der Waals surface area contributed by atoms with E-state index in [2.05, 4.69) is 34.9 Å². The standard InChI is InChI=1S/C12H21N3/c1-4-8-15-9-7-14-11(15)10(13-3)12(2)5-6-12/h7,9-10,13H,4-6,8H2,1-3H3. The van der Waals surface area contributed by atoms with Gasteiger partial charge in [-0.15, -0.1) is 0 Å². The zero-order chi connectivity index (χ0) is 10.9. The molecule has 15 heavy (non-hydrogen) atoms. The van der Waals surface area contributed by atoms with Gasteiger partial charge in [-0.1, -0.05) is 13.8 Å². The zero-order valence-corrected chi connectivity index (χ0v) is 9.95. The summed E-state index contributed by atoms with van der Waals surface area (Å²) in [6.45, 7) is 5.62. The second-order valence-corrected chi connectivity index (χ2v) is 4.85. The van der Waals surface area contributed by atoms with Crippen molar-refractivity contribution in [3.8, 4) is 0 Å². The topological polar surface area (TPSA) is 29.9 Å². The summed E-state index contributed by atoms with van der Waals surface area (Å²) in [5, 5.41) is 3.42. The first-order chi connectivity index (χ1) is 7.21. The number of hydrogen-bond acceptors (Lipinski definition) is 2. The van der Waals surface area contributed by atoms with E-state index in [0.29, 0.717) is 11.5 Å². The molecular formula is C12H21N3. The number of nitrogens with one attached hydrogen (secondary N) is 1. The lowest BCUT2D eigenvalue weighted by molar-refractivity contribution is 0.360. The molecule has 1 fully saturated rings. The average molecular weight is 207 g/mol. The maximum absolute atomic E-state index is 4.51. The van der Waals surface area contributed by atoms with Crippen LogP contribution < -0.4 is 5.32 Å². The molecule has 0 saturated heterocycles. The van der Waals surface area contributed by atoms with E-state index in [1.54, 1.807) is 0 Å². The Kier molecular flexibility index (Phi) is 2.83. The quantitative estimate of drug-likeness (QED) is 0.803. The Bertz CT molecular complexity index is 325. The van der Waals surface area contributed by atoms with Crippen LogP contribution in [0.3, 0.4) is 0 Å². The van der Waals surface area contributed by atoms with Crippen LogP contribution in [0.2, 0.25) is 0 Å². The molecule has 1 saturated carbocycles. The van der Waals surface area contributed by atoms with Crippen LogP contribution in [0.25, 0.3) is 0 Å². The van der Waals surface area contributed by atoms with E-state index in [9.17, 15) is 0 Å². The number of nitrogens with zero attached hydrogens (tertiary/aromatic N) is 2. The smallest absolute Gasteiger partial charge is 0.126 e. The van der Waals surface area contributed by atoms with Gasteiger partial charge >= 0.3 is 0 Å². The maximum atomic E-state index is 4.51. The molecule has 1 aliphatic carbocycles. The van der Waals surface area contributed by atoms with Gasteiger partial charge in [0.1, 0.15) is 5.82 Å². The number of aryl methyl sites for hydroxylation is 1. The molecule has 1 aliphatic rings. The first kappa shape index (κ1) is 10.7. The predicted molar refractivity (Wildman–Crippen MR) is 61.7 cm³/mol. The molecule has 1 aromatic heterocycles. The molecule has 2 rings (SSSR count). The van der Waals surface area contributed by atoms with Crippen LogP contribution in [0.1, 0.15) is 45.0 Å². The third-order valence-electron chi connectivity index (χ3n) is 3.49. The second kappa shape index (κ2) is 3.97. The summed E-state index contributed by atoms with van der Waals surface area (Å²) in [5.74, 6) is 1.21. The van der Waals surface area contributed by atoms with Gasteiger partial charge in [0.2, 0.25) is 0 Å². The highest BCUT2D eigenvalue weighted by Crippen LogP contribution is 2.53. The molecule has 0 aliphatic heterocycles. The Labute approximate surface area is 91.9 Å². The van der Waals surface area contributed by atoms with Crippen molar-refractivity contribution >= 4 is 0 Å². The van der Waals surface area contributed by atoms with E-state index in [-0.39, 0.29) is 0 Å². The van der Waals surface area contributed by atoms with Gasteiger partial charge in [0.15, 0.2) is 0 Å². The summed E-state index contributed by atoms with van der Waals surface area (Å²) in [6.07, 6.45) is 7.81. The monoisotopic (exact) mass is 207 g/mol. The molecular weight excluding hydrogens is 186 g/mol. The fourth-order valence-corrected chi connectivity index (χ4v) is 2.29. The molecule has 0 bridgehead atoms. The molecule has 0 amide bonds. The van der Waals surface area contributed by atoms with Gasteiger partial charge in [-0.2, -0.15) is 0 Å². The number of rotatable bonds is 5. The van der Waals surface area contributed by atoms with Crippen molar-refractivity contribution in [2.45, 2.75) is 45.7 Å². The molecule has 0 radical (unpaired) electrons. The molecule has 3 heteroatoms. The average Bonchev–Trinajstić information content (AvgIpc) is 2.78. The minimum Gasteiger partial charge on any atom is -0.334 e. The third-order valence-corrected chi connectivity index (χ3v) is 3.49. The Morgan fingerprint density at radius 2 is 2.33 bits per heavy atom. The summed E-state index contributed by atoms with van der Waals surface area (Å²) >= 11 is 0. The molecule has 1 N–H and O–H groups in total. The summed E-state index contributed by atoms with van der Waals surface area (Å²) < 4.78 is 2.28. The molecule has 1 atom stereocenters. The largest absolute Gasteiger partial charge is 0.334 e. The van der Waals surface area contributed by atoms with Gasteiger partial charge in [-0.05, 0) is 31.7 Å². The minimum atomic E-state index is 0.416. The van der Waals surface area contributed by atoms with Crippen molar-refractivity contribution in [3.63, 3.8) is 0 Å². The SMILES string of the molecule is CCCn1ccnc1C(NC)C1(C)CC1. The lowest BCUT2D eigenvalue weighted by Gasteiger charge is -2.23. The summed E-state index contributed by atoms with van der Waals surface area (Å²) in [6, 6.07) is 0.416. The molecule has 3 nitrogen and oxygen atoms in total. The number of hydrogen-bond donors (Lipinski definition) is 1. The van der Waals surface area contributed by atoms with Crippen molar-refractivity contribution in [2.75, 3.05) is 7.05 Å². The highest BCUT2D eigenvalue weighted by Gasteiger charge is 2.46. The van der Waals surface area contributed by atoms with Crippen LogP contribution in [0.4, 0.5) is 0 Å². The van der Waals surface area contributed by atoms with Crippen molar-refractivity contribution < 1.29 is 0 Å². The van der Waals surface area contributed by atoms with E-state index >= 15 is 0 Å². The van der Waals surface area contributed by atoms with E-state index in [0.717, 1.165) is 13.0 Å². The Hall–Kier alpha value is -0.830. The van der Waals surface area contributed by atoms with Crippen molar-refractivity contribution in [3.05, 3.63) is 18.2 Å². The van der Waals surface area contributed by atoms with Crippen LogP contribution in [-0.2, 0) is 6.54 Å². The Morgan fingerprint density at radius 1 is 1.60 bits per heavy atom. The van der Waals surface area contributed by atoms with E-state index < -0.39 is 0 Å². The van der Waals surface area contributed by atoms with Gasteiger partial charge in [0.25, 0.3) is 0 Å². The number of aromatic nitrogens is 2. The Morgan fingerprint density at radius 3 is 2.87 bits per heavy atom. The first-order valence-corrected chi connectivity index (χ1v) is 5.89. The lowest BCUT2D eigenvalue weighted by atomic mass is 9.98. The predicted octanol–water partition coefficient (Wildman–Crippen LogP) is 2.35. The van der Waals surface area contributed by atoms with Crippen LogP contribution in [0, 0.1) is 5.41 Å². The molecule has 0 aromatic carbocycles. The second-order valence-electron chi connectivity index (χ2n) is 4.85. The Balaban J connectivity index is 2.22. The van der Waals surface area contributed by atoms with Crippen molar-refractivity contribution in [2.24, 2.45) is 5.41 Å². The molecule has 1 heterocycles. The van der Waals surface area contributed by atoms with E-state index in [1.807, 2.05) is 13.2 Å². The van der Waals surface area contributed by atoms with Gasteiger partial charge in [-0.25, -0.2) is 4.98 Å². The fraction of sp³-hybridized carbons (Fsp3) is 0.750. The molecule has 1 unspecified atom stereocenters. The highest BCUT2D eigenvalue weighted by atomic mass is 15.1. The van der Waals surface area contributed by atoms with E-state index in [1.165, 1.54) is 18.7 Å². The summed E-state index contributed by atoms with van der Waals surface area (Å²) in [4.78, 5) is 4.51. The molecule has 1 aromatic rings. The van der Waals surface area contributed by atoms with Gasteiger partial charge < -0.3 is 9.88 Å². The summed E-state index contributed by atoms with van der Waals surface area (Å²) in [5.41, 5.74) is 0.436. The molecule has 84 valence electrons. The van der Waals surface area contributed by atoms with Crippen LogP contribution in [0.15, 0.2) is 12.4 Å². The van der Waals surface area contributed by atoms with Crippen molar-refractivity contribution in [1.82, 2.24) is 14.9 Å². The van der Waals surface area contributed by atoms with Gasteiger partial charge in [-0.3, -0.25) is 0 Å². The van der Waals surface area contributed by atoms with Crippen LogP contribution in [-0.4, -0.2) is 16.6 Å². The van der Waals surface area contributed by atoms with Gasteiger partial charge in [0.05, 0.1) is 6.04 Å². The van der Waals surface area contributed by atoms with E-state index in [4.69, 9.17) is 0 Å². The normalized spacial score (nSPS) is 20.2. The summed E-state index contributed by atoms with van der Waals surface area (Å²) in [7, 11) is 2.04. The lowest BCUT2D eigenvalue weighted by Crippen LogP contribution is -2.27. The zero-order valence-electron chi connectivity index (χ0n) is 9.95. The first-order valence-electron chi connectivity index (χ1n) is 5.89. The molecule has 0 spiro atoms. The minimum absolute atomic E-state index is 0.416. The highest BCUT2D eigenvalue weighted by molar-refractivity contribution is 5.10. The fourth-order valence-electron chi connectivity index (χ4n) is 2.29.